The number of hydrogen-bond donors (Lipinski definition) is 3. The number of nitrogens with one attached hydrogen (secondary N) is 1. The third kappa shape index (κ3) is 4.77. The molecule has 0 aliphatic carbocycles. The lowest BCUT2D eigenvalue weighted by molar-refractivity contribution is 0.144. The van der Waals surface area contributed by atoms with Crippen LogP contribution in [0.15, 0.2) is 24.3 Å². The summed E-state index contributed by atoms with van der Waals surface area (Å²) < 4.78 is 0. The average Bonchev–Trinajstić information content (AvgIpc) is 2.38. The molecule has 0 aromatic heterocycles. The van der Waals surface area contributed by atoms with Crippen LogP contribution in [-0.4, -0.2) is 29.4 Å². The molecule has 1 aromatic rings. The number of rotatable bonds is 7. The molecule has 0 amide bonds. The number of benzene rings is 1. The van der Waals surface area contributed by atoms with Crippen molar-refractivity contribution >= 4 is 0 Å². The summed E-state index contributed by atoms with van der Waals surface area (Å²) in [6.07, 6.45) is -0.123. The van der Waals surface area contributed by atoms with Gasteiger partial charge in [-0.1, -0.05) is 45.0 Å². The first-order chi connectivity index (χ1) is 8.54. The topological polar surface area (TPSA) is 52.5 Å². The first-order valence-corrected chi connectivity index (χ1v) is 6.71. The summed E-state index contributed by atoms with van der Waals surface area (Å²) in [6.45, 7) is 7.24. The molecule has 0 fully saturated rings. The zero-order valence-electron chi connectivity index (χ0n) is 11.6. The van der Waals surface area contributed by atoms with E-state index in [0.717, 1.165) is 12.0 Å². The molecule has 0 heterocycles. The van der Waals surface area contributed by atoms with E-state index in [4.69, 9.17) is 0 Å². The SMILES string of the molecule is CCC(O)CNCC(O)c1ccc(C(C)C)cc1. The van der Waals surface area contributed by atoms with Crippen LogP contribution in [0.3, 0.4) is 0 Å². The predicted octanol–water partition coefficient (Wildman–Crippen LogP) is 2.20. The highest BCUT2D eigenvalue weighted by molar-refractivity contribution is 5.26. The molecule has 18 heavy (non-hydrogen) atoms. The molecule has 0 aliphatic rings. The highest BCUT2D eigenvalue weighted by Crippen LogP contribution is 2.18. The summed E-state index contributed by atoms with van der Waals surface area (Å²) in [5.74, 6) is 0.508. The van der Waals surface area contributed by atoms with Crippen molar-refractivity contribution in [3.8, 4) is 0 Å². The molecule has 0 spiro atoms. The molecule has 2 atom stereocenters. The minimum Gasteiger partial charge on any atom is -0.392 e. The van der Waals surface area contributed by atoms with Gasteiger partial charge in [0.05, 0.1) is 12.2 Å². The van der Waals surface area contributed by atoms with Gasteiger partial charge >= 0.3 is 0 Å². The van der Waals surface area contributed by atoms with Crippen molar-refractivity contribution in [2.75, 3.05) is 13.1 Å². The predicted molar refractivity (Wildman–Crippen MR) is 74.7 cm³/mol. The molecule has 2 unspecified atom stereocenters. The van der Waals surface area contributed by atoms with Crippen LogP contribution in [0.25, 0.3) is 0 Å². The van der Waals surface area contributed by atoms with Gasteiger partial charge in [-0.3, -0.25) is 0 Å². The summed E-state index contributed by atoms with van der Waals surface area (Å²) in [6, 6.07) is 8.06. The monoisotopic (exact) mass is 251 g/mol. The zero-order chi connectivity index (χ0) is 13.5. The summed E-state index contributed by atoms with van der Waals surface area (Å²) in [4.78, 5) is 0. The first kappa shape index (κ1) is 15.2. The van der Waals surface area contributed by atoms with Gasteiger partial charge in [0.2, 0.25) is 0 Å². The fourth-order valence-corrected chi connectivity index (χ4v) is 1.75. The second-order valence-corrected chi connectivity index (χ2v) is 5.06. The second-order valence-electron chi connectivity index (χ2n) is 5.06. The van der Waals surface area contributed by atoms with E-state index in [1.165, 1.54) is 5.56 Å². The minimum absolute atomic E-state index is 0.333. The molecule has 3 nitrogen and oxygen atoms in total. The third-order valence-electron chi connectivity index (χ3n) is 3.18. The van der Waals surface area contributed by atoms with Gasteiger partial charge < -0.3 is 15.5 Å². The van der Waals surface area contributed by atoms with E-state index in [-0.39, 0.29) is 6.10 Å². The maximum atomic E-state index is 9.99. The Bertz CT molecular complexity index is 335. The number of hydrogen-bond acceptors (Lipinski definition) is 3. The lowest BCUT2D eigenvalue weighted by Crippen LogP contribution is -2.29. The number of aliphatic hydroxyl groups is 2. The lowest BCUT2D eigenvalue weighted by Gasteiger charge is -2.15. The molecule has 0 aliphatic heterocycles. The van der Waals surface area contributed by atoms with Crippen LogP contribution >= 0.6 is 0 Å². The Hall–Kier alpha value is -0.900. The summed E-state index contributed by atoms with van der Waals surface area (Å²) in [5, 5.41) is 22.5. The van der Waals surface area contributed by atoms with Gasteiger partial charge in [-0.2, -0.15) is 0 Å². The number of aliphatic hydroxyl groups excluding tert-OH is 2. The van der Waals surface area contributed by atoms with Gasteiger partial charge in [-0.25, -0.2) is 0 Å². The van der Waals surface area contributed by atoms with E-state index in [1.54, 1.807) is 0 Å². The van der Waals surface area contributed by atoms with Crippen molar-refractivity contribution in [2.45, 2.75) is 45.3 Å². The van der Waals surface area contributed by atoms with Crippen molar-refractivity contribution in [1.82, 2.24) is 5.32 Å². The highest BCUT2D eigenvalue weighted by Gasteiger charge is 2.08. The van der Waals surface area contributed by atoms with E-state index >= 15 is 0 Å². The van der Waals surface area contributed by atoms with Crippen LogP contribution in [0.5, 0.6) is 0 Å². The maximum Gasteiger partial charge on any atom is 0.0914 e. The van der Waals surface area contributed by atoms with Gasteiger partial charge in [-0.05, 0) is 23.5 Å². The van der Waals surface area contributed by atoms with Gasteiger partial charge in [0, 0.05) is 13.1 Å². The summed E-state index contributed by atoms with van der Waals surface area (Å²) in [5.41, 5.74) is 2.19. The van der Waals surface area contributed by atoms with Crippen LogP contribution in [0.2, 0.25) is 0 Å². The Balaban J connectivity index is 2.44. The second kappa shape index (κ2) is 7.52. The van der Waals surface area contributed by atoms with Crippen molar-refractivity contribution in [3.63, 3.8) is 0 Å². The Morgan fingerprint density at radius 2 is 1.56 bits per heavy atom. The molecule has 0 bridgehead atoms. The van der Waals surface area contributed by atoms with Crippen LogP contribution < -0.4 is 5.32 Å². The minimum atomic E-state index is -0.518. The van der Waals surface area contributed by atoms with Crippen LogP contribution in [-0.2, 0) is 0 Å². The molecule has 3 N–H and O–H groups in total. The fourth-order valence-electron chi connectivity index (χ4n) is 1.75. The van der Waals surface area contributed by atoms with Crippen molar-refractivity contribution in [1.29, 1.82) is 0 Å². The molecule has 3 heteroatoms. The van der Waals surface area contributed by atoms with E-state index in [2.05, 4.69) is 31.3 Å². The van der Waals surface area contributed by atoms with E-state index in [9.17, 15) is 10.2 Å². The van der Waals surface area contributed by atoms with E-state index in [0.29, 0.717) is 19.0 Å². The quantitative estimate of drug-likeness (QED) is 0.696. The van der Waals surface area contributed by atoms with Crippen LogP contribution in [0.4, 0.5) is 0 Å². The van der Waals surface area contributed by atoms with E-state index < -0.39 is 6.10 Å². The van der Waals surface area contributed by atoms with E-state index in [1.807, 2.05) is 19.1 Å². The van der Waals surface area contributed by atoms with Gasteiger partial charge in [0.15, 0.2) is 0 Å². The summed E-state index contributed by atoms with van der Waals surface area (Å²) >= 11 is 0. The Morgan fingerprint density at radius 3 is 2.06 bits per heavy atom. The Morgan fingerprint density at radius 1 is 1.00 bits per heavy atom. The lowest BCUT2D eigenvalue weighted by atomic mass is 10.00. The largest absolute Gasteiger partial charge is 0.392 e. The smallest absolute Gasteiger partial charge is 0.0914 e. The maximum absolute atomic E-state index is 9.99. The zero-order valence-corrected chi connectivity index (χ0v) is 11.6. The van der Waals surface area contributed by atoms with Crippen molar-refractivity contribution in [2.24, 2.45) is 0 Å². The van der Waals surface area contributed by atoms with Crippen LogP contribution in [0.1, 0.15) is 50.3 Å². The highest BCUT2D eigenvalue weighted by atomic mass is 16.3. The molecule has 1 aromatic carbocycles. The van der Waals surface area contributed by atoms with Crippen molar-refractivity contribution in [3.05, 3.63) is 35.4 Å². The van der Waals surface area contributed by atoms with Gasteiger partial charge in [0.1, 0.15) is 0 Å². The molecule has 0 saturated carbocycles. The van der Waals surface area contributed by atoms with Crippen molar-refractivity contribution < 1.29 is 10.2 Å². The molecule has 0 radical (unpaired) electrons. The van der Waals surface area contributed by atoms with Gasteiger partial charge in [-0.15, -0.1) is 0 Å². The fraction of sp³-hybridized carbons (Fsp3) is 0.600. The third-order valence-corrected chi connectivity index (χ3v) is 3.18. The first-order valence-electron chi connectivity index (χ1n) is 6.71. The molecular formula is C15H25NO2. The molecule has 102 valence electrons. The summed E-state index contributed by atoms with van der Waals surface area (Å²) in [7, 11) is 0. The molecular weight excluding hydrogens is 226 g/mol. The standard InChI is InChI=1S/C15H25NO2/c1-4-14(17)9-16-10-15(18)13-7-5-12(6-8-13)11(2)3/h5-8,11,14-18H,4,9-10H2,1-3H3. The Labute approximate surface area is 110 Å². The average molecular weight is 251 g/mol. The molecule has 1 rings (SSSR count). The van der Waals surface area contributed by atoms with Gasteiger partial charge in [0.25, 0.3) is 0 Å². The molecule has 0 saturated heterocycles. The van der Waals surface area contributed by atoms with Crippen LogP contribution in [0, 0.1) is 0 Å². The Kier molecular flexibility index (Phi) is 6.33. The normalized spacial score (nSPS) is 14.8.